The van der Waals surface area contributed by atoms with Crippen LogP contribution in [0.4, 0.5) is 0 Å². The number of hydrogen-bond donors (Lipinski definition) is 6. The van der Waals surface area contributed by atoms with Crippen LogP contribution in [-0.2, 0) is 17.6 Å². The minimum absolute atomic E-state index is 0.0214. The molecule has 0 radical (unpaired) electrons. The van der Waals surface area contributed by atoms with Crippen LogP contribution in [0, 0.1) is 11.8 Å². The lowest BCUT2D eigenvalue weighted by Gasteiger charge is -2.30. The molecule has 3 rings (SSSR count). The summed E-state index contributed by atoms with van der Waals surface area (Å²) in [5.74, 6) is 0.871. The Bertz CT molecular complexity index is 1050. The Morgan fingerprint density at radius 2 is 1.64 bits per heavy atom. The van der Waals surface area contributed by atoms with Gasteiger partial charge in [0.2, 0.25) is 5.75 Å². The van der Waals surface area contributed by atoms with Crippen LogP contribution >= 0.6 is 0 Å². The number of aliphatic hydroxyl groups excluding tert-OH is 4. The zero-order valence-electron chi connectivity index (χ0n) is 24.8. The molecule has 0 heterocycles. The first-order valence-electron chi connectivity index (χ1n) is 14.9. The van der Waals surface area contributed by atoms with Crippen molar-refractivity contribution in [2.75, 3.05) is 34.2 Å². The molecule has 0 bridgehead atoms. The maximum atomic E-state index is 11.0. The van der Waals surface area contributed by atoms with Crippen molar-refractivity contribution in [2.24, 2.45) is 11.8 Å². The molecule has 1 aliphatic carbocycles. The van der Waals surface area contributed by atoms with E-state index in [2.05, 4.69) is 0 Å². The molecule has 42 heavy (non-hydrogen) atoms. The molecule has 6 N–H and O–H groups in total. The smallest absolute Gasteiger partial charge is 0.200 e. The standard InChI is InChI=1S/C32H48O10/c1-39-30-16-23(17-31(40-2)32(30)38)13-24(19-34)28(37)18-25(41-20-35)10-8-22-9-11-27(36)29(15-22)42-26-7-3-5-21(14-26)6-4-12-33/h9,11,15-17,21,24-26,28,33-38H,3-8,10,12-14,18-20H2,1-2H3/t21-,24-,25+,26+,28-/m1/s1. The topological polar surface area (TPSA) is 158 Å². The van der Waals surface area contributed by atoms with Gasteiger partial charge in [-0.3, -0.25) is 0 Å². The van der Waals surface area contributed by atoms with Crippen LogP contribution in [0.1, 0.15) is 62.5 Å². The quantitative estimate of drug-likeness (QED) is 0.141. The van der Waals surface area contributed by atoms with Crippen molar-refractivity contribution in [2.45, 2.75) is 82.5 Å². The number of benzene rings is 2. The highest BCUT2D eigenvalue weighted by molar-refractivity contribution is 5.52. The van der Waals surface area contributed by atoms with Crippen molar-refractivity contribution < 1.29 is 49.6 Å². The van der Waals surface area contributed by atoms with Gasteiger partial charge in [0.25, 0.3) is 0 Å². The van der Waals surface area contributed by atoms with Crippen molar-refractivity contribution >= 4 is 0 Å². The molecule has 1 fully saturated rings. The summed E-state index contributed by atoms with van der Waals surface area (Å²) in [5, 5.41) is 60.3. The summed E-state index contributed by atoms with van der Waals surface area (Å²) in [6.07, 6.45) is 5.97. The van der Waals surface area contributed by atoms with E-state index in [0.29, 0.717) is 36.5 Å². The lowest BCUT2D eigenvalue weighted by molar-refractivity contribution is -0.0765. The van der Waals surface area contributed by atoms with Crippen molar-refractivity contribution in [1.29, 1.82) is 0 Å². The van der Waals surface area contributed by atoms with Crippen molar-refractivity contribution in [3.63, 3.8) is 0 Å². The Morgan fingerprint density at radius 1 is 0.929 bits per heavy atom. The summed E-state index contributed by atoms with van der Waals surface area (Å²) < 4.78 is 22.2. The molecule has 0 unspecified atom stereocenters. The Morgan fingerprint density at radius 3 is 2.29 bits per heavy atom. The second-order valence-corrected chi connectivity index (χ2v) is 11.2. The van der Waals surface area contributed by atoms with Crippen LogP contribution in [0.25, 0.3) is 0 Å². The van der Waals surface area contributed by atoms with Gasteiger partial charge in [0, 0.05) is 19.1 Å². The molecule has 236 valence electrons. The molecule has 2 aromatic carbocycles. The summed E-state index contributed by atoms with van der Waals surface area (Å²) in [7, 11) is 2.87. The van der Waals surface area contributed by atoms with Gasteiger partial charge < -0.3 is 49.6 Å². The van der Waals surface area contributed by atoms with E-state index in [9.17, 15) is 25.5 Å². The summed E-state index contributed by atoms with van der Waals surface area (Å²) in [6, 6.07) is 8.56. The van der Waals surface area contributed by atoms with Gasteiger partial charge in [-0.25, -0.2) is 0 Å². The maximum Gasteiger partial charge on any atom is 0.200 e. The van der Waals surface area contributed by atoms with E-state index in [4.69, 9.17) is 24.1 Å². The highest BCUT2D eigenvalue weighted by Gasteiger charge is 2.26. The van der Waals surface area contributed by atoms with E-state index >= 15 is 0 Å². The molecule has 0 saturated heterocycles. The van der Waals surface area contributed by atoms with Gasteiger partial charge in [-0.1, -0.05) is 12.5 Å². The zero-order valence-corrected chi connectivity index (χ0v) is 24.8. The lowest BCUT2D eigenvalue weighted by Crippen LogP contribution is -2.31. The number of hydrogen-bond acceptors (Lipinski definition) is 10. The second kappa shape index (κ2) is 17.4. The molecule has 2 aromatic rings. The van der Waals surface area contributed by atoms with Gasteiger partial charge in [-0.2, -0.15) is 0 Å². The molecule has 0 aromatic heterocycles. The number of methoxy groups -OCH3 is 2. The van der Waals surface area contributed by atoms with Crippen LogP contribution < -0.4 is 14.2 Å². The fourth-order valence-electron chi connectivity index (χ4n) is 5.83. The molecule has 1 saturated carbocycles. The number of phenolic OH excluding ortho intramolecular Hbond substituents is 2. The third-order valence-electron chi connectivity index (χ3n) is 8.21. The first-order chi connectivity index (χ1) is 20.3. The van der Waals surface area contributed by atoms with Gasteiger partial charge >= 0.3 is 0 Å². The fraction of sp³-hybridized carbons (Fsp3) is 0.625. The third kappa shape index (κ3) is 9.91. The summed E-state index contributed by atoms with van der Waals surface area (Å²) in [4.78, 5) is 0. The Kier molecular flexibility index (Phi) is 14.0. The van der Waals surface area contributed by atoms with Crippen LogP contribution in [0.15, 0.2) is 30.3 Å². The Balaban J connectivity index is 1.60. The SMILES string of the molecule is COc1cc(C[C@H](CO)[C@H](O)C[C@H](CCc2ccc(O)c(O[C@H]3CCC[C@H](CCCO)C3)c2)OCO)cc(OC)c1O. The normalized spacial score (nSPS) is 19.2. The molecule has 0 aliphatic heterocycles. The second-order valence-electron chi connectivity index (χ2n) is 11.2. The summed E-state index contributed by atoms with van der Waals surface area (Å²) >= 11 is 0. The molecule has 10 nitrogen and oxygen atoms in total. The average molecular weight is 593 g/mol. The first-order valence-corrected chi connectivity index (χ1v) is 14.9. The molecule has 0 spiro atoms. The molecule has 10 heteroatoms. The molecule has 5 atom stereocenters. The molecule has 1 aliphatic rings. The highest BCUT2D eigenvalue weighted by Crippen LogP contribution is 2.38. The van der Waals surface area contributed by atoms with Crippen molar-refractivity contribution in [1.82, 2.24) is 0 Å². The molecular formula is C32H48O10. The average Bonchev–Trinajstić information content (AvgIpc) is 2.99. The van der Waals surface area contributed by atoms with Crippen molar-refractivity contribution in [3.8, 4) is 28.7 Å². The minimum atomic E-state index is -0.930. The van der Waals surface area contributed by atoms with Gasteiger partial charge in [0.15, 0.2) is 23.0 Å². The van der Waals surface area contributed by atoms with E-state index in [-0.39, 0.29) is 48.7 Å². The summed E-state index contributed by atoms with van der Waals surface area (Å²) in [5.41, 5.74) is 1.65. The van der Waals surface area contributed by atoms with E-state index in [1.54, 1.807) is 18.2 Å². The van der Waals surface area contributed by atoms with E-state index in [1.807, 2.05) is 12.1 Å². The molecular weight excluding hydrogens is 544 g/mol. The minimum Gasteiger partial charge on any atom is -0.504 e. The van der Waals surface area contributed by atoms with Crippen LogP contribution in [0.2, 0.25) is 0 Å². The van der Waals surface area contributed by atoms with Gasteiger partial charge in [0.1, 0.15) is 6.79 Å². The largest absolute Gasteiger partial charge is 0.504 e. The monoisotopic (exact) mass is 592 g/mol. The van der Waals surface area contributed by atoms with Gasteiger partial charge in [-0.05, 0) is 99.1 Å². The number of rotatable bonds is 18. The predicted octanol–water partition coefficient (Wildman–Crippen LogP) is 3.69. The number of aryl methyl sites for hydroxylation is 1. The Labute approximate surface area is 248 Å². The predicted molar refractivity (Wildman–Crippen MR) is 157 cm³/mol. The van der Waals surface area contributed by atoms with Gasteiger partial charge in [-0.15, -0.1) is 0 Å². The summed E-state index contributed by atoms with van der Waals surface area (Å²) in [6.45, 7) is -0.581. The lowest BCUT2D eigenvalue weighted by atomic mass is 9.84. The number of aromatic hydroxyl groups is 2. The molecule has 0 amide bonds. The van der Waals surface area contributed by atoms with Gasteiger partial charge in [0.05, 0.1) is 32.5 Å². The van der Waals surface area contributed by atoms with Crippen LogP contribution in [-0.4, -0.2) is 83.2 Å². The van der Waals surface area contributed by atoms with Crippen molar-refractivity contribution in [3.05, 3.63) is 41.5 Å². The number of aliphatic hydroxyl groups is 4. The maximum absolute atomic E-state index is 11.0. The Hall–Kier alpha value is -2.76. The van der Waals surface area contributed by atoms with Crippen LogP contribution in [0.3, 0.4) is 0 Å². The van der Waals surface area contributed by atoms with Crippen LogP contribution in [0.5, 0.6) is 28.7 Å². The highest BCUT2D eigenvalue weighted by atomic mass is 16.6. The first kappa shape index (κ1) is 33.7. The number of ether oxygens (including phenoxy) is 4. The van der Waals surface area contributed by atoms with E-state index < -0.39 is 24.9 Å². The third-order valence-corrected chi connectivity index (χ3v) is 8.21. The van der Waals surface area contributed by atoms with E-state index in [0.717, 1.165) is 44.1 Å². The number of phenols is 2. The fourth-order valence-corrected chi connectivity index (χ4v) is 5.83. The zero-order chi connectivity index (χ0) is 30.5. The van der Waals surface area contributed by atoms with E-state index in [1.165, 1.54) is 14.2 Å².